The number of rotatable bonds is 5. The fraction of sp³-hybridized carbons (Fsp3) is 0.278. The molecule has 1 aliphatic heterocycles. The molecular formula is C18H18N2O5. The number of carbonyl (C=O) groups excluding carboxylic acids is 2. The summed E-state index contributed by atoms with van der Waals surface area (Å²) in [6, 6.07) is 9.79. The third-order valence-electron chi connectivity index (χ3n) is 3.75. The second-order valence-electron chi connectivity index (χ2n) is 5.48. The van der Waals surface area contributed by atoms with Crippen molar-refractivity contribution in [1.29, 1.82) is 0 Å². The summed E-state index contributed by atoms with van der Waals surface area (Å²) in [6.45, 7) is 1.18. The first-order chi connectivity index (χ1) is 12.2. The van der Waals surface area contributed by atoms with Gasteiger partial charge in [-0.3, -0.25) is 4.79 Å². The predicted molar refractivity (Wildman–Crippen MR) is 89.8 cm³/mol. The van der Waals surface area contributed by atoms with E-state index in [1.165, 1.54) is 13.3 Å². The molecule has 1 saturated heterocycles. The van der Waals surface area contributed by atoms with Gasteiger partial charge in [-0.25, -0.2) is 9.78 Å². The molecule has 0 aliphatic carbocycles. The average molecular weight is 342 g/mol. The first-order valence-corrected chi connectivity index (χ1v) is 7.86. The number of anilines is 1. The maximum absolute atomic E-state index is 12.5. The predicted octanol–water partition coefficient (Wildman–Crippen LogP) is 2.29. The number of nitrogens with zero attached hydrogens (tertiary/aromatic N) is 1. The van der Waals surface area contributed by atoms with Crippen molar-refractivity contribution in [1.82, 2.24) is 4.98 Å². The molecule has 25 heavy (non-hydrogen) atoms. The van der Waals surface area contributed by atoms with Gasteiger partial charge in [0.25, 0.3) is 5.91 Å². The lowest BCUT2D eigenvalue weighted by molar-refractivity contribution is 0.0602. The molecule has 1 aromatic heterocycles. The number of para-hydroxylation sites is 1. The van der Waals surface area contributed by atoms with E-state index in [1.807, 2.05) is 0 Å². The van der Waals surface area contributed by atoms with Crippen LogP contribution in [0, 0.1) is 0 Å². The molecule has 7 nitrogen and oxygen atoms in total. The van der Waals surface area contributed by atoms with Crippen LogP contribution in [0.3, 0.4) is 0 Å². The minimum atomic E-state index is -0.518. The minimum absolute atomic E-state index is 0.0501. The molecule has 0 spiro atoms. The lowest BCUT2D eigenvalue weighted by Gasteiger charge is -2.12. The summed E-state index contributed by atoms with van der Waals surface area (Å²) in [7, 11) is 1.29. The number of methoxy groups -OCH3 is 1. The lowest BCUT2D eigenvalue weighted by atomic mass is 10.1. The van der Waals surface area contributed by atoms with E-state index >= 15 is 0 Å². The molecule has 2 aromatic rings. The van der Waals surface area contributed by atoms with E-state index in [1.54, 1.807) is 36.4 Å². The summed E-state index contributed by atoms with van der Waals surface area (Å²) in [6.07, 6.45) is 2.25. The number of amides is 1. The molecule has 7 heteroatoms. The molecular weight excluding hydrogens is 324 g/mol. The molecule has 1 fully saturated rings. The Kier molecular flexibility index (Phi) is 5.25. The minimum Gasteiger partial charge on any atom is -0.472 e. The van der Waals surface area contributed by atoms with Crippen LogP contribution in [-0.4, -0.2) is 43.3 Å². The van der Waals surface area contributed by atoms with Crippen LogP contribution >= 0.6 is 0 Å². The summed E-state index contributed by atoms with van der Waals surface area (Å²) in [5.41, 5.74) is 1.04. The molecule has 1 N–H and O–H groups in total. The molecule has 0 saturated carbocycles. The van der Waals surface area contributed by atoms with E-state index in [-0.39, 0.29) is 17.6 Å². The van der Waals surface area contributed by atoms with E-state index in [2.05, 4.69) is 10.3 Å². The van der Waals surface area contributed by atoms with E-state index in [0.717, 1.165) is 6.42 Å². The summed E-state index contributed by atoms with van der Waals surface area (Å²) in [5.74, 6) is -0.522. The fourth-order valence-electron chi connectivity index (χ4n) is 2.47. The Morgan fingerprint density at radius 2 is 2.12 bits per heavy atom. The van der Waals surface area contributed by atoms with Gasteiger partial charge in [-0.1, -0.05) is 12.1 Å². The molecule has 130 valence electrons. The maximum atomic E-state index is 12.5. The van der Waals surface area contributed by atoms with Gasteiger partial charge in [0.1, 0.15) is 6.10 Å². The van der Waals surface area contributed by atoms with Crippen LogP contribution in [0.15, 0.2) is 42.6 Å². The Morgan fingerprint density at radius 3 is 2.88 bits per heavy atom. The van der Waals surface area contributed by atoms with Crippen molar-refractivity contribution < 1.29 is 23.8 Å². The van der Waals surface area contributed by atoms with Crippen LogP contribution in [-0.2, 0) is 9.47 Å². The molecule has 3 rings (SSSR count). The topological polar surface area (TPSA) is 86.8 Å². The van der Waals surface area contributed by atoms with Crippen molar-refractivity contribution in [3.8, 4) is 5.88 Å². The summed E-state index contributed by atoms with van der Waals surface area (Å²) in [4.78, 5) is 28.4. The highest BCUT2D eigenvalue weighted by atomic mass is 16.5. The molecule has 0 radical (unpaired) electrons. The van der Waals surface area contributed by atoms with Gasteiger partial charge in [-0.2, -0.15) is 0 Å². The third-order valence-corrected chi connectivity index (χ3v) is 3.75. The second-order valence-corrected chi connectivity index (χ2v) is 5.48. The van der Waals surface area contributed by atoms with Gasteiger partial charge in [0.15, 0.2) is 0 Å². The zero-order valence-corrected chi connectivity index (χ0v) is 13.7. The van der Waals surface area contributed by atoms with Crippen LogP contribution in [0.4, 0.5) is 5.69 Å². The second kappa shape index (κ2) is 7.76. The van der Waals surface area contributed by atoms with Gasteiger partial charge >= 0.3 is 5.97 Å². The Morgan fingerprint density at radius 1 is 1.28 bits per heavy atom. The van der Waals surface area contributed by atoms with Gasteiger partial charge in [0, 0.05) is 24.2 Å². The van der Waals surface area contributed by atoms with E-state index in [4.69, 9.17) is 14.2 Å². The van der Waals surface area contributed by atoms with Crippen LogP contribution in [0.5, 0.6) is 5.88 Å². The van der Waals surface area contributed by atoms with Crippen LogP contribution in [0.2, 0.25) is 0 Å². The Labute approximate surface area is 144 Å². The number of pyridine rings is 1. The molecule has 0 unspecified atom stereocenters. The number of hydrogen-bond donors (Lipinski definition) is 1. The highest BCUT2D eigenvalue weighted by Crippen LogP contribution is 2.19. The number of benzene rings is 1. The smallest absolute Gasteiger partial charge is 0.339 e. The Bertz CT molecular complexity index is 772. The molecule has 1 amide bonds. The monoisotopic (exact) mass is 342 g/mol. The van der Waals surface area contributed by atoms with Gasteiger partial charge < -0.3 is 19.5 Å². The first-order valence-electron chi connectivity index (χ1n) is 7.86. The highest BCUT2D eigenvalue weighted by Gasteiger charge is 2.19. The van der Waals surface area contributed by atoms with E-state index in [0.29, 0.717) is 30.3 Å². The van der Waals surface area contributed by atoms with E-state index in [9.17, 15) is 9.59 Å². The quantitative estimate of drug-likeness (QED) is 0.839. The van der Waals surface area contributed by atoms with Gasteiger partial charge in [0.2, 0.25) is 5.88 Å². The van der Waals surface area contributed by atoms with Gasteiger partial charge in [0.05, 0.1) is 31.6 Å². The number of aromatic nitrogens is 1. The highest BCUT2D eigenvalue weighted by molar-refractivity contribution is 6.08. The third kappa shape index (κ3) is 4.13. The first kappa shape index (κ1) is 16.9. The van der Waals surface area contributed by atoms with Crippen molar-refractivity contribution >= 4 is 17.6 Å². The maximum Gasteiger partial charge on any atom is 0.339 e. The van der Waals surface area contributed by atoms with E-state index < -0.39 is 5.97 Å². The van der Waals surface area contributed by atoms with Crippen LogP contribution in [0.1, 0.15) is 27.1 Å². The summed E-state index contributed by atoms with van der Waals surface area (Å²) < 4.78 is 15.7. The Balaban J connectivity index is 1.74. The molecule has 1 aromatic carbocycles. The largest absolute Gasteiger partial charge is 0.472 e. The molecule has 1 aliphatic rings. The normalized spacial score (nSPS) is 16.3. The molecule has 0 bridgehead atoms. The van der Waals surface area contributed by atoms with Crippen molar-refractivity contribution in [2.75, 3.05) is 25.6 Å². The zero-order chi connectivity index (χ0) is 17.6. The Hall–Kier alpha value is -2.93. The fourth-order valence-corrected chi connectivity index (χ4v) is 2.47. The van der Waals surface area contributed by atoms with Crippen molar-refractivity contribution in [2.24, 2.45) is 0 Å². The van der Waals surface area contributed by atoms with Gasteiger partial charge in [-0.05, 0) is 18.2 Å². The standard InChI is InChI=1S/C18H18N2O5/c1-23-18(22)14-4-2-3-5-15(14)20-17(21)12-6-8-19-16(10-12)25-13-7-9-24-11-13/h2-6,8,10,13H,7,9,11H2,1H3,(H,20,21)/t13-/m1/s1. The van der Waals surface area contributed by atoms with Crippen LogP contribution < -0.4 is 10.1 Å². The number of nitrogens with one attached hydrogen (secondary N) is 1. The van der Waals surface area contributed by atoms with Crippen molar-refractivity contribution in [3.05, 3.63) is 53.7 Å². The number of hydrogen-bond acceptors (Lipinski definition) is 6. The number of ether oxygens (including phenoxy) is 3. The van der Waals surface area contributed by atoms with Gasteiger partial charge in [-0.15, -0.1) is 0 Å². The zero-order valence-electron chi connectivity index (χ0n) is 13.7. The molecule has 2 heterocycles. The summed E-state index contributed by atoms with van der Waals surface area (Å²) >= 11 is 0. The summed E-state index contributed by atoms with van der Waals surface area (Å²) in [5, 5.41) is 2.72. The molecule has 1 atom stereocenters. The number of esters is 1. The van der Waals surface area contributed by atoms with Crippen molar-refractivity contribution in [3.63, 3.8) is 0 Å². The number of carbonyl (C=O) groups is 2. The SMILES string of the molecule is COC(=O)c1ccccc1NC(=O)c1ccnc(O[C@@H]2CCOC2)c1. The lowest BCUT2D eigenvalue weighted by Crippen LogP contribution is -2.18. The van der Waals surface area contributed by atoms with Crippen LogP contribution in [0.25, 0.3) is 0 Å². The average Bonchev–Trinajstić information content (AvgIpc) is 3.14. The van der Waals surface area contributed by atoms with Crippen molar-refractivity contribution in [2.45, 2.75) is 12.5 Å².